The molecule has 1 aromatic carbocycles. The average Bonchev–Trinajstić information content (AvgIpc) is 2.66. The maximum atomic E-state index is 10.9. The Labute approximate surface area is 107 Å². The van der Waals surface area contributed by atoms with Crippen LogP contribution in [-0.4, -0.2) is 34.1 Å². The van der Waals surface area contributed by atoms with E-state index in [-0.39, 0.29) is 16.7 Å². The highest BCUT2D eigenvalue weighted by atomic mass is 79.9. The zero-order valence-electron chi connectivity index (χ0n) is 9.17. The van der Waals surface area contributed by atoms with E-state index in [4.69, 9.17) is 0 Å². The van der Waals surface area contributed by atoms with Gasteiger partial charge in [0.2, 0.25) is 0 Å². The molecule has 1 aromatic rings. The number of hydrogen-bond donors (Lipinski definition) is 1. The van der Waals surface area contributed by atoms with Crippen LogP contribution in [0.4, 0.5) is 5.69 Å². The molecule has 1 atom stereocenters. The van der Waals surface area contributed by atoms with Gasteiger partial charge in [-0.2, -0.15) is 0 Å². The fourth-order valence-electron chi connectivity index (χ4n) is 2.04. The van der Waals surface area contributed by atoms with E-state index in [1.165, 1.54) is 6.07 Å². The Morgan fingerprint density at radius 2 is 2.35 bits per heavy atom. The van der Waals surface area contributed by atoms with Gasteiger partial charge in [0.15, 0.2) is 0 Å². The zero-order chi connectivity index (χ0) is 12.4. The summed E-state index contributed by atoms with van der Waals surface area (Å²) in [5.41, 5.74) is 0.813. The number of halogens is 1. The fourth-order valence-corrected chi connectivity index (χ4v) is 2.39. The molecule has 2 rings (SSSR count). The molecular formula is C11H13BrN2O3. The van der Waals surface area contributed by atoms with Gasteiger partial charge >= 0.3 is 0 Å². The molecule has 92 valence electrons. The second-order valence-corrected chi connectivity index (χ2v) is 5.12. The predicted molar refractivity (Wildman–Crippen MR) is 66.7 cm³/mol. The number of β-amino-alcohol motifs (C(OH)–C–C–N with tert-alkyl or cyclic N) is 1. The third kappa shape index (κ3) is 3.02. The van der Waals surface area contributed by atoms with Gasteiger partial charge in [-0.1, -0.05) is 15.9 Å². The van der Waals surface area contributed by atoms with Gasteiger partial charge in [-0.05, 0) is 18.6 Å². The van der Waals surface area contributed by atoms with Crippen molar-refractivity contribution in [2.45, 2.75) is 19.1 Å². The van der Waals surface area contributed by atoms with Crippen molar-refractivity contribution in [2.24, 2.45) is 0 Å². The van der Waals surface area contributed by atoms with Crippen molar-refractivity contribution >= 4 is 21.6 Å². The molecule has 0 aromatic heterocycles. The molecule has 1 aliphatic rings. The number of hydrogen-bond acceptors (Lipinski definition) is 4. The molecule has 1 aliphatic heterocycles. The summed E-state index contributed by atoms with van der Waals surface area (Å²) in [7, 11) is 0. The lowest BCUT2D eigenvalue weighted by Gasteiger charge is -2.14. The van der Waals surface area contributed by atoms with Crippen LogP contribution in [0.1, 0.15) is 12.0 Å². The van der Waals surface area contributed by atoms with Crippen molar-refractivity contribution < 1.29 is 10.0 Å². The lowest BCUT2D eigenvalue weighted by Crippen LogP contribution is -2.22. The van der Waals surface area contributed by atoms with Crippen molar-refractivity contribution in [3.8, 4) is 0 Å². The summed E-state index contributed by atoms with van der Waals surface area (Å²) in [5.74, 6) is 0. The number of nitro groups is 1. The molecule has 5 nitrogen and oxygen atoms in total. The molecule has 1 N–H and O–H groups in total. The Morgan fingerprint density at radius 1 is 1.59 bits per heavy atom. The van der Waals surface area contributed by atoms with Crippen LogP contribution in [0.15, 0.2) is 22.7 Å². The monoisotopic (exact) mass is 300 g/mol. The van der Waals surface area contributed by atoms with Crippen molar-refractivity contribution in [1.82, 2.24) is 4.90 Å². The smallest absolute Gasteiger partial charge is 0.275 e. The first-order valence-electron chi connectivity index (χ1n) is 5.39. The Bertz CT molecular complexity index is 439. The summed E-state index contributed by atoms with van der Waals surface area (Å²) >= 11 is 3.23. The molecule has 0 unspecified atom stereocenters. The minimum atomic E-state index is -0.368. The normalized spacial score (nSPS) is 20.7. The Morgan fingerprint density at radius 3 is 2.94 bits per heavy atom. The summed E-state index contributed by atoms with van der Waals surface area (Å²) in [4.78, 5) is 12.6. The Hall–Kier alpha value is -0.980. The van der Waals surface area contributed by atoms with Crippen LogP contribution in [0, 0.1) is 10.1 Å². The van der Waals surface area contributed by atoms with Crippen LogP contribution >= 0.6 is 15.9 Å². The standard InChI is InChI=1S/C11H13BrN2O3/c12-9-2-1-8(11(5-9)14(16)17)6-13-4-3-10(15)7-13/h1-2,5,10,15H,3-4,6-7H2/t10-/m0/s1. The van der Waals surface area contributed by atoms with E-state index < -0.39 is 0 Å². The molecule has 0 amide bonds. The van der Waals surface area contributed by atoms with Gasteiger partial charge < -0.3 is 5.11 Å². The molecule has 6 heteroatoms. The van der Waals surface area contributed by atoms with E-state index in [1.54, 1.807) is 12.1 Å². The molecule has 0 radical (unpaired) electrons. The molecule has 1 fully saturated rings. The van der Waals surface area contributed by atoms with Gasteiger partial charge in [0, 0.05) is 35.7 Å². The van der Waals surface area contributed by atoms with Crippen LogP contribution in [-0.2, 0) is 6.54 Å². The third-order valence-corrected chi connectivity index (χ3v) is 3.38. The van der Waals surface area contributed by atoms with Gasteiger partial charge in [0.1, 0.15) is 0 Å². The highest BCUT2D eigenvalue weighted by molar-refractivity contribution is 9.10. The lowest BCUT2D eigenvalue weighted by atomic mass is 10.1. The van der Waals surface area contributed by atoms with Gasteiger partial charge in [-0.3, -0.25) is 15.0 Å². The van der Waals surface area contributed by atoms with Gasteiger partial charge in [0.05, 0.1) is 11.0 Å². The van der Waals surface area contributed by atoms with Crippen LogP contribution < -0.4 is 0 Å². The fraction of sp³-hybridized carbons (Fsp3) is 0.455. The van der Waals surface area contributed by atoms with Crippen molar-refractivity contribution in [3.63, 3.8) is 0 Å². The van der Waals surface area contributed by atoms with Crippen LogP contribution in [0.5, 0.6) is 0 Å². The van der Waals surface area contributed by atoms with Gasteiger partial charge in [0.25, 0.3) is 5.69 Å². The predicted octanol–water partition coefficient (Wildman–Crippen LogP) is 1.92. The largest absolute Gasteiger partial charge is 0.392 e. The van der Waals surface area contributed by atoms with Crippen molar-refractivity contribution in [3.05, 3.63) is 38.3 Å². The van der Waals surface area contributed by atoms with Crippen LogP contribution in [0.25, 0.3) is 0 Å². The van der Waals surface area contributed by atoms with Crippen molar-refractivity contribution in [1.29, 1.82) is 0 Å². The first kappa shape index (κ1) is 12.5. The summed E-state index contributed by atoms with van der Waals surface area (Å²) < 4.78 is 0.703. The van der Waals surface area contributed by atoms with E-state index in [2.05, 4.69) is 15.9 Å². The molecule has 0 saturated carbocycles. The van der Waals surface area contributed by atoms with E-state index in [1.807, 2.05) is 4.90 Å². The quantitative estimate of drug-likeness (QED) is 0.684. The minimum Gasteiger partial charge on any atom is -0.392 e. The molecular weight excluding hydrogens is 288 g/mol. The first-order chi connectivity index (χ1) is 8.06. The average molecular weight is 301 g/mol. The van der Waals surface area contributed by atoms with E-state index >= 15 is 0 Å². The molecule has 17 heavy (non-hydrogen) atoms. The Balaban J connectivity index is 2.17. The molecule has 0 aliphatic carbocycles. The summed E-state index contributed by atoms with van der Waals surface area (Å²) in [6.45, 7) is 1.89. The third-order valence-electron chi connectivity index (χ3n) is 2.89. The number of likely N-dealkylation sites (tertiary alicyclic amines) is 1. The minimum absolute atomic E-state index is 0.126. The summed E-state index contributed by atoms with van der Waals surface area (Å²) in [6, 6.07) is 5.07. The summed E-state index contributed by atoms with van der Waals surface area (Å²) in [6.07, 6.45) is 0.439. The molecule has 1 saturated heterocycles. The molecule has 1 heterocycles. The van der Waals surface area contributed by atoms with Crippen LogP contribution in [0.2, 0.25) is 0 Å². The second kappa shape index (κ2) is 5.12. The van der Waals surface area contributed by atoms with Gasteiger partial charge in [-0.15, -0.1) is 0 Å². The SMILES string of the molecule is O=[N+]([O-])c1cc(Br)ccc1CN1CC[C@H](O)C1. The second-order valence-electron chi connectivity index (χ2n) is 4.21. The number of nitrogens with zero attached hydrogens (tertiary/aromatic N) is 2. The maximum absolute atomic E-state index is 10.9. The molecule has 0 bridgehead atoms. The highest BCUT2D eigenvalue weighted by Crippen LogP contribution is 2.25. The topological polar surface area (TPSA) is 66.6 Å². The van der Waals surface area contributed by atoms with E-state index in [0.717, 1.165) is 13.0 Å². The number of aliphatic hydroxyl groups excluding tert-OH is 1. The van der Waals surface area contributed by atoms with Gasteiger partial charge in [-0.25, -0.2) is 0 Å². The molecule has 0 spiro atoms. The lowest BCUT2D eigenvalue weighted by molar-refractivity contribution is -0.385. The van der Waals surface area contributed by atoms with Crippen LogP contribution in [0.3, 0.4) is 0 Å². The van der Waals surface area contributed by atoms with E-state index in [9.17, 15) is 15.2 Å². The number of nitro benzene ring substituents is 1. The highest BCUT2D eigenvalue weighted by Gasteiger charge is 2.23. The first-order valence-corrected chi connectivity index (χ1v) is 6.19. The van der Waals surface area contributed by atoms with Crippen molar-refractivity contribution in [2.75, 3.05) is 13.1 Å². The number of benzene rings is 1. The summed E-state index contributed by atoms with van der Waals surface area (Å²) in [5, 5.41) is 20.3. The number of rotatable bonds is 3. The van der Waals surface area contributed by atoms with E-state index in [0.29, 0.717) is 23.1 Å². The Kier molecular flexibility index (Phi) is 3.76. The number of aliphatic hydroxyl groups is 1. The zero-order valence-corrected chi connectivity index (χ0v) is 10.8. The maximum Gasteiger partial charge on any atom is 0.275 e.